The van der Waals surface area contributed by atoms with Crippen LogP contribution in [-0.4, -0.2) is 25.8 Å². The van der Waals surface area contributed by atoms with Gasteiger partial charge in [0.05, 0.1) is 5.56 Å². The van der Waals surface area contributed by atoms with E-state index in [-0.39, 0.29) is 17.9 Å². The summed E-state index contributed by atoms with van der Waals surface area (Å²) in [6.45, 7) is 3.67. The molecule has 0 saturated heterocycles. The van der Waals surface area contributed by atoms with Crippen LogP contribution in [0.1, 0.15) is 27.3 Å². The lowest BCUT2D eigenvalue weighted by Crippen LogP contribution is -2.15. The number of H-pyrrole nitrogens is 1. The molecule has 8 heteroatoms. The van der Waals surface area contributed by atoms with E-state index in [9.17, 15) is 14.7 Å². The van der Waals surface area contributed by atoms with Gasteiger partial charge in [0.25, 0.3) is 0 Å². The maximum Gasteiger partial charge on any atom is 0.343 e. The van der Waals surface area contributed by atoms with Crippen molar-refractivity contribution < 1.29 is 14.6 Å². The Morgan fingerprint density at radius 3 is 2.67 bits per heavy atom. The van der Waals surface area contributed by atoms with E-state index < -0.39 is 5.97 Å². The van der Waals surface area contributed by atoms with Gasteiger partial charge in [0.2, 0.25) is 0 Å². The molecule has 0 aliphatic heterocycles. The molecule has 140 valence electrons. The average Bonchev–Trinajstić information content (AvgIpc) is 2.94. The smallest absolute Gasteiger partial charge is 0.343 e. The summed E-state index contributed by atoms with van der Waals surface area (Å²) in [6, 6.07) is 8.59. The van der Waals surface area contributed by atoms with Crippen molar-refractivity contribution in [1.82, 2.24) is 14.8 Å². The molecule has 2 aromatic carbocycles. The second kappa shape index (κ2) is 7.28. The molecule has 7 nitrogen and oxygen atoms in total. The number of carboxylic acids is 1. The van der Waals surface area contributed by atoms with Crippen LogP contribution >= 0.6 is 11.6 Å². The summed E-state index contributed by atoms with van der Waals surface area (Å²) < 4.78 is 7.27. The van der Waals surface area contributed by atoms with Crippen molar-refractivity contribution in [2.45, 2.75) is 20.5 Å². The zero-order valence-electron chi connectivity index (χ0n) is 15.0. The molecule has 1 aromatic heterocycles. The summed E-state index contributed by atoms with van der Waals surface area (Å²) in [7, 11) is 1.60. The topological polar surface area (TPSA) is 97.2 Å². The molecule has 0 fully saturated rings. The molecular formula is C19H18ClN3O4. The summed E-state index contributed by atoms with van der Waals surface area (Å²) in [5.41, 5.74) is 2.70. The molecule has 27 heavy (non-hydrogen) atoms. The van der Waals surface area contributed by atoms with E-state index in [0.29, 0.717) is 33.3 Å². The fourth-order valence-electron chi connectivity index (χ4n) is 2.80. The summed E-state index contributed by atoms with van der Waals surface area (Å²) in [5, 5.41) is 16.2. The van der Waals surface area contributed by atoms with E-state index in [4.69, 9.17) is 16.3 Å². The summed E-state index contributed by atoms with van der Waals surface area (Å²) >= 11 is 6.30. The van der Waals surface area contributed by atoms with Crippen molar-refractivity contribution in [2.24, 2.45) is 7.05 Å². The van der Waals surface area contributed by atoms with Crippen molar-refractivity contribution in [3.8, 4) is 16.9 Å². The highest BCUT2D eigenvalue weighted by Gasteiger charge is 2.17. The molecule has 0 aliphatic rings. The summed E-state index contributed by atoms with van der Waals surface area (Å²) in [6.07, 6.45) is 0. The van der Waals surface area contributed by atoms with E-state index in [2.05, 4.69) is 10.2 Å². The lowest BCUT2D eigenvalue weighted by molar-refractivity contribution is 0.0696. The average molecular weight is 388 g/mol. The number of rotatable bonds is 5. The fraction of sp³-hybridized carbons (Fsp3) is 0.211. The van der Waals surface area contributed by atoms with Crippen LogP contribution in [0.15, 0.2) is 35.1 Å². The highest BCUT2D eigenvalue weighted by molar-refractivity contribution is 6.31. The van der Waals surface area contributed by atoms with Gasteiger partial charge in [0, 0.05) is 17.6 Å². The van der Waals surface area contributed by atoms with Crippen molar-refractivity contribution in [3.63, 3.8) is 0 Å². The molecule has 0 spiro atoms. The molecule has 0 bridgehead atoms. The fourth-order valence-corrected chi connectivity index (χ4v) is 2.96. The van der Waals surface area contributed by atoms with Crippen molar-refractivity contribution in [3.05, 3.63) is 68.4 Å². The Balaban J connectivity index is 2.07. The SMILES string of the molecule is Cc1cc(OCc2n[nH]c(=O)n2C)c(-c2cccc(C(=O)O)c2C)cc1Cl. The van der Waals surface area contributed by atoms with Crippen LogP contribution in [0.2, 0.25) is 5.02 Å². The molecule has 3 rings (SSSR count). The van der Waals surface area contributed by atoms with Crippen molar-refractivity contribution in [1.29, 1.82) is 0 Å². The third-order valence-corrected chi connectivity index (χ3v) is 4.85. The summed E-state index contributed by atoms with van der Waals surface area (Å²) in [5.74, 6) is -0.0332. The number of aromatic nitrogens is 3. The van der Waals surface area contributed by atoms with E-state index in [1.807, 2.05) is 13.0 Å². The van der Waals surface area contributed by atoms with Crippen LogP contribution < -0.4 is 10.4 Å². The molecule has 2 N–H and O–H groups in total. The van der Waals surface area contributed by atoms with Crippen LogP contribution in [-0.2, 0) is 13.7 Å². The zero-order chi connectivity index (χ0) is 19.7. The van der Waals surface area contributed by atoms with Crippen LogP contribution in [0.4, 0.5) is 0 Å². The number of benzene rings is 2. The summed E-state index contributed by atoms with van der Waals surface area (Å²) in [4.78, 5) is 23.0. The Hall–Kier alpha value is -3.06. The lowest BCUT2D eigenvalue weighted by Gasteiger charge is -2.16. The molecule has 0 unspecified atom stereocenters. The number of hydrogen-bond donors (Lipinski definition) is 2. The second-order valence-electron chi connectivity index (χ2n) is 6.17. The number of nitrogens with zero attached hydrogens (tertiary/aromatic N) is 2. The van der Waals surface area contributed by atoms with E-state index in [1.54, 1.807) is 38.2 Å². The number of aromatic amines is 1. The zero-order valence-corrected chi connectivity index (χ0v) is 15.8. The predicted octanol–water partition coefficient (Wildman–Crippen LogP) is 3.32. The van der Waals surface area contributed by atoms with Gasteiger partial charge in [-0.15, -0.1) is 0 Å². The molecule has 0 radical (unpaired) electrons. The standard InChI is InChI=1S/C19H18ClN3O4/c1-10-7-16(27-9-17-21-22-19(26)23(17)3)14(8-15(10)20)12-5-4-6-13(11(12)2)18(24)25/h4-8H,9H2,1-3H3,(H,22,26)(H,24,25). The largest absolute Gasteiger partial charge is 0.485 e. The third-order valence-electron chi connectivity index (χ3n) is 4.44. The molecular weight excluding hydrogens is 370 g/mol. The molecule has 0 saturated carbocycles. The van der Waals surface area contributed by atoms with Gasteiger partial charge in [-0.3, -0.25) is 4.57 Å². The number of ether oxygens (including phenoxy) is 1. The van der Waals surface area contributed by atoms with Gasteiger partial charge in [0.1, 0.15) is 12.4 Å². The van der Waals surface area contributed by atoms with Gasteiger partial charge in [-0.1, -0.05) is 23.7 Å². The van der Waals surface area contributed by atoms with Crippen molar-refractivity contribution in [2.75, 3.05) is 0 Å². The maximum atomic E-state index is 11.5. The highest BCUT2D eigenvalue weighted by atomic mass is 35.5. The lowest BCUT2D eigenvalue weighted by atomic mass is 9.95. The van der Waals surface area contributed by atoms with Gasteiger partial charge in [-0.2, -0.15) is 5.10 Å². The molecule has 3 aromatic rings. The maximum absolute atomic E-state index is 11.5. The minimum atomic E-state index is -0.999. The van der Waals surface area contributed by atoms with Gasteiger partial charge in [0.15, 0.2) is 5.82 Å². The third kappa shape index (κ3) is 3.59. The van der Waals surface area contributed by atoms with E-state index in [1.165, 1.54) is 4.57 Å². The highest BCUT2D eigenvalue weighted by Crippen LogP contribution is 2.37. The first-order valence-electron chi connectivity index (χ1n) is 8.16. The van der Waals surface area contributed by atoms with Crippen molar-refractivity contribution >= 4 is 17.6 Å². The number of carboxylic acid groups (broad SMARTS) is 1. The van der Waals surface area contributed by atoms with Gasteiger partial charge in [-0.05, 0) is 48.7 Å². The number of carbonyl (C=O) groups is 1. The number of hydrogen-bond acceptors (Lipinski definition) is 4. The van der Waals surface area contributed by atoms with Gasteiger partial charge < -0.3 is 9.84 Å². The first kappa shape index (κ1) is 18.7. The number of aryl methyl sites for hydroxylation is 1. The van der Waals surface area contributed by atoms with Gasteiger partial charge >= 0.3 is 11.7 Å². The first-order valence-corrected chi connectivity index (χ1v) is 8.54. The number of halogens is 1. The molecule has 1 heterocycles. The second-order valence-corrected chi connectivity index (χ2v) is 6.58. The minimum absolute atomic E-state index is 0.0704. The van der Waals surface area contributed by atoms with Crippen LogP contribution in [0, 0.1) is 13.8 Å². The van der Waals surface area contributed by atoms with E-state index in [0.717, 1.165) is 5.56 Å². The first-order chi connectivity index (χ1) is 12.8. The number of aromatic carboxylic acids is 1. The molecule has 0 amide bonds. The number of nitrogens with one attached hydrogen (secondary N) is 1. The Labute approximate surface area is 160 Å². The van der Waals surface area contributed by atoms with Crippen LogP contribution in [0.3, 0.4) is 0 Å². The van der Waals surface area contributed by atoms with Gasteiger partial charge in [-0.25, -0.2) is 14.7 Å². The van der Waals surface area contributed by atoms with Crippen LogP contribution in [0.5, 0.6) is 5.75 Å². The van der Waals surface area contributed by atoms with Crippen LogP contribution in [0.25, 0.3) is 11.1 Å². The minimum Gasteiger partial charge on any atom is -0.485 e. The molecule has 0 aliphatic carbocycles. The monoisotopic (exact) mass is 387 g/mol. The molecule has 0 atom stereocenters. The Morgan fingerprint density at radius 2 is 2.04 bits per heavy atom. The Morgan fingerprint density at radius 1 is 1.30 bits per heavy atom. The predicted molar refractivity (Wildman–Crippen MR) is 101 cm³/mol. The Kier molecular flexibility index (Phi) is 5.05. The van der Waals surface area contributed by atoms with E-state index >= 15 is 0 Å². The quantitative estimate of drug-likeness (QED) is 0.699. The Bertz CT molecular complexity index is 1090. The normalized spacial score (nSPS) is 10.8.